The molecule has 4 aromatic rings. The minimum Gasteiger partial charge on any atom is -0.358 e. The summed E-state index contributed by atoms with van der Waals surface area (Å²) in [6.45, 7) is 3.04. The van der Waals surface area contributed by atoms with E-state index in [2.05, 4.69) is 35.3 Å². The second-order valence-corrected chi connectivity index (χ2v) is 10.6. The van der Waals surface area contributed by atoms with Crippen molar-refractivity contribution in [1.82, 2.24) is 30.0 Å². The molecule has 0 atom stereocenters. The Morgan fingerprint density at radius 1 is 1.02 bits per heavy atom. The Balaban J connectivity index is 1.29. The van der Waals surface area contributed by atoms with Crippen LogP contribution in [0.1, 0.15) is 28.9 Å². The Bertz CT molecular complexity index is 1460. The SMILES string of the molecule is CN(C)CCN(C)c1ccc(NC(=O)c2n[nH]c3ccc(-c4cncc(CN5CCC(F)(F)CC5)c4)cc23)cn1. The number of aromatic amines is 1. The van der Waals surface area contributed by atoms with Crippen molar-refractivity contribution in [3.63, 3.8) is 0 Å². The lowest BCUT2D eigenvalue weighted by Crippen LogP contribution is -2.38. The van der Waals surface area contributed by atoms with Crippen molar-refractivity contribution in [3.05, 3.63) is 66.2 Å². The van der Waals surface area contributed by atoms with E-state index in [1.807, 2.05) is 62.4 Å². The fourth-order valence-corrected chi connectivity index (χ4v) is 4.74. The Labute approximate surface area is 232 Å². The van der Waals surface area contributed by atoms with Gasteiger partial charge in [0.05, 0.1) is 17.4 Å². The summed E-state index contributed by atoms with van der Waals surface area (Å²) in [5.74, 6) is -2.08. The molecule has 40 heavy (non-hydrogen) atoms. The maximum atomic E-state index is 13.5. The van der Waals surface area contributed by atoms with Crippen molar-refractivity contribution in [2.75, 3.05) is 57.5 Å². The molecule has 3 aromatic heterocycles. The van der Waals surface area contributed by atoms with Crippen molar-refractivity contribution in [2.45, 2.75) is 25.3 Å². The van der Waals surface area contributed by atoms with E-state index in [4.69, 9.17) is 0 Å². The van der Waals surface area contributed by atoms with Crippen LogP contribution < -0.4 is 10.2 Å². The van der Waals surface area contributed by atoms with Gasteiger partial charge >= 0.3 is 0 Å². The highest BCUT2D eigenvalue weighted by molar-refractivity contribution is 6.11. The highest BCUT2D eigenvalue weighted by atomic mass is 19.3. The highest BCUT2D eigenvalue weighted by Gasteiger charge is 2.33. The number of benzene rings is 1. The number of alkyl halides is 2. The molecule has 1 saturated heterocycles. The zero-order valence-corrected chi connectivity index (χ0v) is 23.0. The molecule has 2 N–H and O–H groups in total. The van der Waals surface area contributed by atoms with Gasteiger partial charge in [-0.1, -0.05) is 6.07 Å². The lowest BCUT2D eigenvalue weighted by molar-refractivity contribution is -0.0566. The molecule has 0 aliphatic carbocycles. The quantitative estimate of drug-likeness (QED) is 0.318. The third-order valence-corrected chi connectivity index (χ3v) is 7.18. The molecule has 0 radical (unpaired) electrons. The van der Waals surface area contributed by atoms with E-state index in [-0.39, 0.29) is 24.4 Å². The minimum atomic E-state index is -2.57. The first-order valence-corrected chi connectivity index (χ1v) is 13.3. The maximum Gasteiger partial charge on any atom is 0.276 e. The summed E-state index contributed by atoms with van der Waals surface area (Å²) >= 11 is 0. The van der Waals surface area contributed by atoms with Gasteiger partial charge in [-0.15, -0.1) is 0 Å². The van der Waals surface area contributed by atoms with Crippen LogP contribution in [0.2, 0.25) is 0 Å². The number of carbonyl (C=O) groups excluding carboxylic acids is 1. The van der Waals surface area contributed by atoms with Gasteiger partial charge in [0.15, 0.2) is 5.69 Å². The molecule has 210 valence electrons. The first kappa shape index (κ1) is 27.6. The summed E-state index contributed by atoms with van der Waals surface area (Å²) < 4.78 is 27.1. The number of carbonyl (C=O) groups is 1. The van der Waals surface area contributed by atoms with E-state index in [0.717, 1.165) is 41.1 Å². The normalized spacial score (nSPS) is 15.4. The summed E-state index contributed by atoms with van der Waals surface area (Å²) in [6.07, 6.45) is 4.94. The van der Waals surface area contributed by atoms with Crippen molar-refractivity contribution in [3.8, 4) is 11.1 Å². The molecule has 0 saturated carbocycles. The zero-order valence-electron chi connectivity index (χ0n) is 23.0. The number of nitrogens with one attached hydrogen (secondary N) is 2. The third kappa shape index (κ3) is 6.60. The molecular formula is C29H34F2N8O. The Hall–Kier alpha value is -3.96. The average molecular weight is 549 g/mol. The fourth-order valence-electron chi connectivity index (χ4n) is 4.74. The number of hydrogen-bond acceptors (Lipinski definition) is 7. The molecule has 11 heteroatoms. The van der Waals surface area contributed by atoms with Crippen LogP contribution >= 0.6 is 0 Å². The van der Waals surface area contributed by atoms with Crippen LogP contribution in [0.3, 0.4) is 0 Å². The standard InChI is InChI=1S/C29H34F2N8O/c1-37(2)12-13-38(3)26-7-5-23(18-33-26)34-28(40)27-24-15-21(4-6-25(24)35-36-27)22-14-20(16-32-17-22)19-39-10-8-29(30,31)9-11-39/h4-7,14-18H,8-13,19H2,1-3H3,(H,34,40)(H,35,36). The fraction of sp³-hybridized carbons (Fsp3) is 0.379. The monoisotopic (exact) mass is 548 g/mol. The lowest BCUT2D eigenvalue weighted by atomic mass is 10.0. The number of halogens is 2. The second-order valence-electron chi connectivity index (χ2n) is 10.6. The number of amides is 1. The summed E-state index contributed by atoms with van der Waals surface area (Å²) in [6, 6.07) is 11.5. The van der Waals surface area contributed by atoms with Crippen LogP contribution in [0.5, 0.6) is 0 Å². The molecule has 5 rings (SSSR count). The smallest absolute Gasteiger partial charge is 0.276 e. The summed E-state index contributed by atoms with van der Waals surface area (Å²) in [5, 5.41) is 10.8. The first-order chi connectivity index (χ1) is 19.2. The van der Waals surface area contributed by atoms with Gasteiger partial charge in [0, 0.05) is 76.0 Å². The number of nitrogens with zero attached hydrogens (tertiary/aromatic N) is 6. The molecule has 1 fully saturated rings. The van der Waals surface area contributed by atoms with Crippen LogP contribution in [0.4, 0.5) is 20.3 Å². The number of likely N-dealkylation sites (tertiary alicyclic amines) is 1. The van der Waals surface area contributed by atoms with Crippen molar-refractivity contribution >= 4 is 28.3 Å². The molecule has 0 unspecified atom stereocenters. The van der Waals surface area contributed by atoms with E-state index in [9.17, 15) is 13.6 Å². The third-order valence-electron chi connectivity index (χ3n) is 7.18. The average Bonchev–Trinajstić information content (AvgIpc) is 3.37. The van der Waals surface area contributed by atoms with Gasteiger partial charge in [-0.3, -0.25) is 19.8 Å². The Morgan fingerprint density at radius 2 is 1.82 bits per heavy atom. The number of fused-ring (bicyclic) bond motifs is 1. The van der Waals surface area contributed by atoms with Gasteiger partial charge in [0.2, 0.25) is 0 Å². The van der Waals surface area contributed by atoms with Gasteiger partial charge in [-0.25, -0.2) is 13.8 Å². The topological polar surface area (TPSA) is 93.3 Å². The highest BCUT2D eigenvalue weighted by Crippen LogP contribution is 2.30. The number of hydrogen-bond donors (Lipinski definition) is 2. The summed E-state index contributed by atoms with van der Waals surface area (Å²) in [5.41, 5.74) is 4.32. The van der Waals surface area contributed by atoms with E-state index in [1.165, 1.54) is 0 Å². The van der Waals surface area contributed by atoms with E-state index in [0.29, 0.717) is 30.7 Å². The summed E-state index contributed by atoms with van der Waals surface area (Å²) in [4.78, 5) is 28.2. The van der Waals surface area contributed by atoms with Crippen LogP contribution in [-0.2, 0) is 6.54 Å². The maximum absolute atomic E-state index is 13.5. The first-order valence-electron chi connectivity index (χ1n) is 13.3. The number of likely N-dealkylation sites (N-methyl/N-ethyl adjacent to an activating group) is 2. The van der Waals surface area contributed by atoms with Crippen molar-refractivity contribution in [2.24, 2.45) is 0 Å². The lowest BCUT2D eigenvalue weighted by Gasteiger charge is -2.31. The minimum absolute atomic E-state index is 0.115. The van der Waals surface area contributed by atoms with Crippen molar-refractivity contribution < 1.29 is 13.6 Å². The van der Waals surface area contributed by atoms with Crippen molar-refractivity contribution in [1.29, 1.82) is 0 Å². The molecule has 9 nitrogen and oxygen atoms in total. The number of H-pyrrole nitrogens is 1. The number of rotatable bonds is 9. The largest absolute Gasteiger partial charge is 0.358 e. The van der Waals surface area contributed by atoms with Gasteiger partial charge in [0.25, 0.3) is 11.8 Å². The number of aromatic nitrogens is 4. The van der Waals surface area contributed by atoms with E-state index >= 15 is 0 Å². The van der Waals surface area contributed by atoms with Crippen LogP contribution in [-0.4, -0.2) is 89.1 Å². The van der Waals surface area contributed by atoms with Gasteiger partial charge < -0.3 is 15.1 Å². The predicted octanol–water partition coefficient (Wildman–Crippen LogP) is 4.50. The second kappa shape index (κ2) is 11.6. The van der Waals surface area contributed by atoms with E-state index in [1.54, 1.807) is 18.6 Å². The van der Waals surface area contributed by atoms with Gasteiger partial charge in [-0.2, -0.15) is 5.10 Å². The molecular weight excluding hydrogens is 514 g/mol. The molecule has 1 amide bonds. The molecule has 1 aromatic carbocycles. The molecule has 0 bridgehead atoms. The summed E-state index contributed by atoms with van der Waals surface area (Å²) in [7, 11) is 6.04. The number of piperidine rings is 1. The van der Waals surface area contributed by atoms with Gasteiger partial charge in [-0.05, 0) is 55.6 Å². The predicted molar refractivity (Wildman–Crippen MR) is 153 cm³/mol. The number of anilines is 2. The van der Waals surface area contributed by atoms with Gasteiger partial charge in [0.1, 0.15) is 5.82 Å². The Morgan fingerprint density at radius 3 is 2.55 bits per heavy atom. The Kier molecular flexibility index (Phi) is 8.04. The number of pyridine rings is 2. The molecule has 4 heterocycles. The zero-order chi connectivity index (χ0) is 28.3. The molecule has 0 spiro atoms. The van der Waals surface area contributed by atoms with Crippen LogP contribution in [0.15, 0.2) is 55.0 Å². The molecule has 1 aliphatic heterocycles. The van der Waals surface area contributed by atoms with Crippen LogP contribution in [0.25, 0.3) is 22.0 Å². The van der Waals surface area contributed by atoms with E-state index < -0.39 is 5.92 Å². The van der Waals surface area contributed by atoms with Crippen LogP contribution in [0, 0.1) is 0 Å². The molecule has 1 aliphatic rings.